The number of hydrogen-bond acceptors (Lipinski definition) is 3. The van der Waals surface area contributed by atoms with Gasteiger partial charge in [0.15, 0.2) is 5.78 Å². The van der Waals surface area contributed by atoms with Crippen LogP contribution in [0, 0.1) is 0 Å². The molecule has 0 aliphatic carbocycles. The van der Waals surface area contributed by atoms with E-state index in [1.165, 1.54) is 0 Å². The van der Waals surface area contributed by atoms with Gasteiger partial charge in [-0.15, -0.1) is 0 Å². The molecule has 17 heavy (non-hydrogen) atoms. The van der Waals surface area contributed by atoms with Crippen molar-refractivity contribution >= 4 is 5.78 Å². The third-order valence-corrected chi connectivity index (χ3v) is 2.83. The van der Waals surface area contributed by atoms with E-state index in [1.807, 2.05) is 37.3 Å². The summed E-state index contributed by atoms with van der Waals surface area (Å²) in [6.07, 6.45) is 1.67. The first kappa shape index (κ1) is 13.9. The molecule has 0 radical (unpaired) electrons. The van der Waals surface area contributed by atoms with E-state index in [2.05, 4.69) is 0 Å². The van der Waals surface area contributed by atoms with Gasteiger partial charge in [-0.2, -0.15) is 0 Å². The molecule has 0 heterocycles. The second kappa shape index (κ2) is 7.20. The van der Waals surface area contributed by atoms with E-state index in [0.717, 1.165) is 18.4 Å². The van der Waals surface area contributed by atoms with Crippen molar-refractivity contribution in [3.05, 3.63) is 35.9 Å². The predicted molar refractivity (Wildman–Crippen MR) is 68.7 cm³/mol. The molecule has 2 unspecified atom stereocenters. The highest BCUT2D eigenvalue weighted by molar-refractivity contribution is 5.83. The van der Waals surface area contributed by atoms with Crippen molar-refractivity contribution in [2.45, 2.75) is 44.8 Å². The van der Waals surface area contributed by atoms with Gasteiger partial charge in [0.25, 0.3) is 0 Å². The van der Waals surface area contributed by atoms with Crippen molar-refractivity contribution in [1.82, 2.24) is 0 Å². The minimum absolute atomic E-state index is 0.143. The van der Waals surface area contributed by atoms with E-state index in [-0.39, 0.29) is 5.78 Å². The van der Waals surface area contributed by atoms with Crippen LogP contribution in [-0.4, -0.2) is 23.0 Å². The van der Waals surface area contributed by atoms with Crippen LogP contribution in [0.5, 0.6) is 0 Å². The lowest BCUT2D eigenvalue weighted by molar-refractivity contribution is -0.128. The zero-order valence-electron chi connectivity index (χ0n) is 10.3. The SMILES string of the molecule is CCCCC(=O)C(O)C(N)Cc1ccccc1. The van der Waals surface area contributed by atoms with Gasteiger partial charge in [0.05, 0.1) is 0 Å². The number of aliphatic hydroxyl groups excluding tert-OH is 1. The molecule has 3 nitrogen and oxygen atoms in total. The van der Waals surface area contributed by atoms with E-state index >= 15 is 0 Å². The Morgan fingerprint density at radius 3 is 2.59 bits per heavy atom. The van der Waals surface area contributed by atoms with E-state index < -0.39 is 12.1 Å². The van der Waals surface area contributed by atoms with Crippen molar-refractivity contribution in [3.8, 4) is 0 Å². The summed E-state index contributed by atoms with van der Waals surface area (Å²) in [6.45, 7) is 2.02. The Kier molecular flexibility index (Phi) is 5.87. The molecule has 94 valence electrons. The zero-order chi connectivity index (χ0) is 12.7. The number of carbonyl (C=O) groups is 1. The summed E-state index contributed by atoms with van der Waals surface area (Å²) in [4.78, 5) is 11.6. The Morgan fingerprint density at radius 1 is 1.35 bits per heavy atom. The number of benzene rings is 1. The molecule has 0 bridgehead atoms. The van der Waals surface area contributed by atoms with E-state index in [0.29, 0.717) is 12.8 Å². The summed E-state index contributed by atoms with van der Waals surface area (Å²) in [5.74, 6) is -0.143. The first-order valence-corrected chi connectivity index (χ1v) is 6.15. The second-order valence-corrected chi connectivity index (χ2v) is 4.37. The Bertz CT molecular complexity index is 337. The van der Waals surface area contributed by atoms with Crippen molar-refractivity contribution in [2.24, 2.45) is 5.73 Å². The van der Waals surface area contributed by atoms with Crippen LogP contribution in [0.3, 0.4) is 0 Å². The van der Waals surface area contributed by atoms with Crippen LogP contribution < -0.4 is 5.73 Å². The number of nitrogens with two attached hydrogens (primary N) is 1. The Hall–Kier alpha value is -1.19. The highest BCUT2D eigenvalue weighted by Gasteiger charge is 2.22. The highest BCUT2D eigenvalue weighted by atomic mass is 16.3. The summed E-state index contributed by atoms with van der Waals surface area (Å²) in [6, 6.07) is 9.16. The normalized spacial score (nSPS) is 14.3. The molecule has 1 rings (SSSR count). The third kappa shape index (κ3) is 4.67. The average Bonchev–Trinajstić information content (AvgIpc) is 2.36. The molecule has 0 fully saturated rings. The second-order valence-electron chi connectivity index (χ2n) is 4.37. The van der Waals surface area contributed by atoms with Crippen LogP contribution in [0.15, 0.2) is 30.3 Å². The monoisotopic (exact) mass is 235 g/mol. The largest absolute Gasteiger partial charge is 0.384 e. The zero-order valence-corrected chi connectivity index (χ0v) is 10.3. The molecule has 1 aromatic rings. The van der Waals surface area contributed by atoms with Gasteiger partial charge < -0.3 is 10.8 Å². The van der Waals surface area contributed by atoms with Crippen molar-refractivity contribution in [1.29, 1.82) is 0 Å². The fourth-order valence-corrected chi connectivity index (χ4v) is 1.74. The van der Waals surface area contributed by atoms with Crippen LogP contribution in [-0.2, 0) is 11.2 Å². The molecule has 0 spiro atoms. The molecule has 3 heteroatoms. The molecular weight excluding hydrogens is 214 g/mol. The van der Waals surface area contributed by atoms with E-state index in [4.69, 9.17) is 5.73 Å². The Morgan fingerprint density at radius 2 is 2.00 bits per heavy atom. The molecular formula is C14H21NO2. The number of unbranched alkanes of at least 4 members (excludes halogenated alkanes) is 1. The molecule has 0 aromatic heterocycles. The van der Waals surface area contributed by atoms with Gasteiger partial charge in [0.1, 0.15) is 6.10 Å². The summed E-state index contributed by atoms with van der Waals surface area (Å²) < 4.78 is 0. The van der Waals surface area contributed by atoms with Gasteiger partial charge >= 0.3 is 0 Å². The quantitative estimate of drug-likeness (QED) is 0.755. The van der Waals surface area contributed by atoms with Gasteiger partial charge in [0, 0.05) is 12.5 Å². The molecule has 1 aromatic carbocycles. The van der Waals surface area contributed by atoms with Crippen LogP contribution in [0.25, 0.3) is 0 Å². The van der Waals surface area contributed by atoms with Gasteiger partial charge in [-0.25, -0.2) is 0 Å². The van der Waals surface area contributed by atoms with Gasteiger partial charge in [-0.05, 0) is 18.4 Å². The lowest BCUT2D eigenvalue weighted by atomic mass is 9.97. The Balaban J connectivity index is 2.46. The van der Waals surface area contributed by atoms with E-state index in [1.54, 1.807) is 0 Å². The molecule has 0 saturated carbocycles. The maximum Gasteiger partial charge on any atom is 0.162 e. The molecule has 0 amide bonds. The van der Waals surface area contributed by atoms with Gasteiger partial charge in [-0.1, -0.05) is 43.7 Å². The smallest absolute Gasteiger partial charge is 0.162 e. The highest BCUT2D eigenvalue weighted by Crippen LogP contribution is 2.07. The van der Waals surface area contributed by atoms with Crippen LogP contribution in [0.2, 0.25) is 0 Å². The number of hydrogen-bond donors (Lipinski definition) is 2. The lowest BCUT2D eigenvalue weighted by Crippen LogP contribution is -2.42. The molecule has 3 N–H and O–H groups in total. The first-order valence-electron chi connectivity index (χ1n) is 6.15. The summed E-state index contributed by atoms with van der Waals surface area (Å²) >= 11 is 0. The van der Waals surface area contributed by atoms with Crippen molar-refractivity contribution < 1.29 is 9.90 Å². The molecule has 0 aliphatic heterocycles. The number of carbonyl (C=O) groups excluding carboxylic acids is 1. The van der Waals surface area contributed by atoms with E-state index in [9.17, 15) is 9.90 Å². The summed E-state index contributed by atoms with van der Waals surface area (Å²) in [7, 11) is 0. The van der Waals surface area contributed by atoms with Gasteiger partial charge in [0.2, 0.25) is 0 Å². The molecule has 0 aliphatic rings. The third-order valence-electron chi connectivity index (χ3n) is 2.83. The standard InChI is InChI=1S/C14H21NO2/c1-2-3-9-13(16)14(17)12(15)10-11-7-5-4-6-8-11/h4-8,12,14,17H,2-3,9-10,15H2,1H3. The minimum atomic E-state index is -1.04. The number of Topliss-reactive ketones (excluding diaryl/α,β-unsaturated/α-hetero) is 1. The van der Waals surface area contributed by atoms with Gasteiger partial charge in [-0.3, -0.25) is 4.79 Å². The Labute approximate surface area is 103 Å². The fourth-order valence-electron chi connectivity index (χ4n) is 1.74. The average molecular weight is 235 g/mol. The summed E-state index contributed by atoms with van der Waals surface area (Å²) in [5.41, 5.74) is 6.89. The first-order chi connectivity index (χ1) is 8.15. The number of rotatable bonds is 7. The molecule has 0 saturated heterocycles. The topological polar surface area (TPSA) is 63.3 Å². The van der Waals surface area contributed by atoms with Crippen molar-refractivity contribution in [2.75, 3.05) is 0 Å². The number of ketones is 1. The number of aliphatic hydroxyl groups is 1. The minimum Gasteiger partial charge on any atom is -0.384 e. The lowest BCUT2D eigenvalue weighted by Gasteiger charge is -2.17. The fraction of sp³-hybridized carbons (Fsp3) is 0.500. The van der Waals surface area contributed by atoms with Crippen LogP contribution in [0.4, 0.5) is 0 Å². The van der Waals surface area contributed by atoms with Crippen LogP contribution >= 0.6 is 0 Å². The van der Waals surface area contributed by atoms with Crippen molar-refractivity contribution in [3.63, 3.8) is 0 Å². The molecule has 2 atom stereocenters. The predicted octanol–water partition coefficient (Wildman–Crippen LogP) is 1.68. The summed E-state index contributed by atoms with van der Waals surface area (Å²) in [5, 5.41) is 9.80. The maximum absolute atomic E-state index is 11.6. The van der Waals surface area contributed by atoms with Crippen LogP contribution in [0.1, 0.15) is 31.7 Å². The maximum atomic E-state index is 11.6.